The zero-order valence-corrected chi connectivity index (χ0v) is 9.36. The van der Waals surface area contributed by atoms with Gasteiger partial charge in [-0.2, -0.15) is 0 Å². The fourth-order valence-electron chi connectivity index (χ4n) is 2.27. The van der Waals surface area contributed by atoms with Gasteiger partial charge in [-0.05, 0) is 26.0 Å². The van der Waals surface area contributed by atoms with Gasteiger partial charge >= 0.3 is 0 Å². The van der Waals surface area contributed by atoms with E-state index in [2.05, 4.69) is 4.90 Å². The van der Waals surface area contributed by atoms with Crippen molar-refractivity contribution in [3.05, 3.63) is 23.8 Å². The normalized spacial score (nSPS) is 20.5. The van der Waals surface area contributed by atoms with Crippen molar-refractivity contribution < 1.29 is 10.2 Å². The number of benzene rings is 1. The summed E-state index contributed by atoms with van der Waals surface area (Å²) < 4.78 is 0. The SMILES string of the molecule is CN1CC(C(C)(C)O)c2c(O)cccc21. The smallest absolute Gasteiger partial charge is 0.121 e. The summed E-state index contributed by atoms with van der Waals surface area (Å²) in [6.45, 7) is 4.32. The number of fused-ring (bicyclic) bond motifs is 1. The number of phenolic OH excluding ortho intramolecular Hbond substituents is 1. The molecule has 0 amide bonds. The van der Waals surface area contributed by atoms with Gasteiger partial charge in [-0.3, -0.25) is 0 Å². The van der Waals surface area contributed by atoms with Crippen molar-refractivity contribution in [1.29, 1.82) is 0 Å². The van der Waals surface area contributed by atoms with E-state index in [9.17, 15) is 10.2 Å². The van der Waals surface area contributed by atoms with Gasteiger partial charge in [0, 0.05) is 30.8 Å². The average molecular weight is 207 g/mol. The van der Waals surface area contributed by atoms with Crippen LogP contribution in [0.4, 0.5) is 5.69 Å². The van der Waals surface area contributed by atoms with E-state index >= 15 is 0 Å². The maximum atomic E-state index is 10.1. The van der Waals surface area contributed by atoms with E-state index in [1.165, 1.54) is 0 Å². The summed E-state index contributed by atoms with van der Waals surface area (Å²) in [6.07, 6.45) is 0. The van der Waals surface area contributed by atoms with E-state index in [0.717, 1.165) is 17.8 Å². The molecule has 1 aromatic rings. The van der Waals surface area contributed by atoms with E-state index in [1.54, 1.807) is 19.9 Å². The van der Waals surface area contributed by atoms with Crippen LogP contribution in [0.3, 0.4) is 0 Å². The lowest BCUT2D eigenvalue weighted by molar-refractivity contribution is 0.0543. The first-order valence-corrected chi connectivity index (χ1v) is 5.16. The van der Waals surface area contributed by atoms with Crippen molar-refractivity contribution in [2.45, 2.75) is 25.4 Å². The van der Waals surface area contributed by atoms with Gasteiger partial charge in [0.25, 0.3) is 0 Å². The first-order chi connectivity index (χ1) is 6.91. The lowest BCUT2D eigenvalue weighted by Crippen LogP contribution is -2.32. The Morgan fingerprint density at radius 2 is 2.07 bits per heavy atom. The quantitative estimate of drug-likeness (QED) is 0.736. The highest BCUT2D eigenvalue weighted by Gasteiger charge is 2.38. The second-order valence-electron chi connectivity index (χ2n) is 4.80. The number of aliphatic hydroxyl groups is 1. The van der Waals surface area contributed by atoms with Crippen LogP contribution in [0, 0.1) is 0 Å². The molecule has 3 nitrogen and oxygen atoms in total. The van der Waals surface area contributed by atoms with Crippen molar-refractivity contribution in [2.75, 3.05) is 18.5 Å². The maximum Gasteiger partial charge on any atom is 0.121 e. The number of nitrogens with zero attached hydrogens (tertiary/aromatic N) is 1. The lowest BCUT2D eigenvalue weighted by atomic mass is 9.86. The molecular formula is C12H17NO2. The van der Waals surface area contributed by atoms with Crippen LogP contribution >= 0.6 is 0 Å². The summed E-state index contributed by atoms with van der Waals surface area (Å²) in [4.78, 5) is 2.07. The molecule has 15 heavy (non-hydrogen) atoms. The van der Waals surface area contributed by atoms with Crippen LogP contribution in [0.15, 0.2) is 18.2 Å². The molecule has 0 saturated heterocycles. The summed E-state index contributed by atoms with van der Waals surface area (Å²) in [5.41, 5.74) is 1.08. The lowest BCUT2D eigenvalue weighted by Gasteiger charge is -2.26. The number of hydrogen-bond donors (Lipinski definition) is 2. The molecule has 1 unspecified atom stereocenters. The molecule has 0 bridgehead atoms. The van der Waals surface area contributed by atoms with Gasteiger partial charge in [-0.1, -0.05) is 6.07 Å². The Morgan fingerprint density at radius 3 is 2.67 bits per heavy atom. The summed E-state index contributed by atoms with van der Waals surface area (Å²) in [7, 11) is 1.98. The molecule has 2 rings (SSSR count). The number of likely N-dealkylation sites (N-methyl/N-ethyl adjacent to an activating group) is 1. The fraction of sp³-hybridized carbons (Fsp3) is 0.500. The largest absolute Gasteiger partial charge is 0.508 e. The van der Waals surface area contributed by atoms with Gasteiger partial charge < -0.3 is 15.1 Å². The van der Waals surface area contributed by atoms with Crippen molar-refractivity contribution in [3.8, 4) is 5.75 Å². The predicted octanol–water partition coefficient (Wildman–Crippen LogP) is 1.70. The number of phenols is 1. The second-order valence-corrected chi connectivity index (χ2v) is 4.80. The second kappa shape index (κ2) is 3.14. The Hall–Kier alpha value is -1.22. The molecule has 1 aromatic carbocycles. The molecule has 1 aliphatic heterocycles. The van der Waals surface area contributed by atoms with Crippen LogP contribution in [-0.2, 0) is 0 Å². The average Bonchev–Trinajstić information content (AvgIpc) is 2.45. The fourth-order valence-corrected chi connectivity index (χ4v) is 2.27. The number of hydrogen-bond acceptors (Lipinski definition) is 3. The predicted molar refractivity (Wildman–Crippen MR) is 60.4 cm³/mol. The van der Waals surface area contributed by atoms with Gasteiger partial charge in [0.2, 0.25) is 0 Å². The Kier molecular flexibility index (Phi) is 2.15. The van der Waals surface area contributed by atoms with E-state index in [-0.39, 0.29) is 11.7 Å². The van der Waals surface area contributed by atoms with Gasteiger partial charge in [-0.15, -0.1) is 0 Å². The van der Waals surface area contributed by atoms with Crippen LogP contribution in [0.2, 0.25) is 0 Å². The van der Waals surface area contributed by atoms with Crippen LogP contribution in [-0.4, -0.2) is 29.4 Å². The van der Waals surface area contributed by atoms with Crippen molar-refractivity contribution in [2.24, 2.45) is 0 Å². The van der Waals surface area contributed by atoms with Gasteiger partial charge in [0.15, 0.2) is 0 Å². The monoisotopic (exact) mass is 207 g/mol. The number of anilines is 1. The van der Waals surface area contributed by atoms with Gasteiger partial charge in [-0.25, -0.2) is 0 Å². The first-order valence-electron chi connectivity index (χ1n) is 5.16. The standard InChI is InChI=1S/C12H17NO2/c1-12(2,15)8-7-13(3)9-5-4-6-10(14)11(8)9/h4-6,8,14-15H,7H2,1-3H3. The Bertz CT molecular complexity index is 382. The summed E-state index contributed by atoms with van der Waals surface area (Å²) in [5, 5.41) is 19.9. The van der Waals surface area contributed by atoms with Crippen LogP contribution in [0.5, 0.6) is 5.75 Å². The third-order valence-corrected chi connectivity index (χ3v) is 3.13. The van der Waals surface area contributed by atoms with E-state index in [1.807, 2.05) is 19.2 Å². The van der Waals surface area contributed by atoms with Crippen LogP contribution in [0.25, 0.3) is 0 Å². The zero-order valence-electron chi connectivity index (χ0n) is 9.36. The molecule has 82 valence electrons. The minimum Gasteiger partial charge on any atom is -0.508 e. The third kappa shape index (κ3) is 1.57. The van der Waals surface area contributed by atoms with Crippen molar-refractivity contribution >= 4 is 5.69 Å². The molecule has 0 radical (unpaired) electrons. The van der Waals surface area contributed by atoms with Crippen molar-refractivity contribution in [3.63, 3.8) is 0 Å². The highest BCUT2D eigenvalue weighted by Crippen LogP contribution is 2.45. The molecule has 0 saturated carbocycles. The highest BCUT2D eigenvalue weighted by atomic mass is 16.3. The molecule has 0 spiro atoms. The number of aromatic hydroxyl groups is 1. The summed E-state index contributed by atoms with van der Waals surface area (Å²) in [5.74, 6) is 0.252. The molecule has 0 fully saturated rings. The molecule has 2 N–H and O–H groups in total. The molecular weight excluding hydrogens is 190 g/mol. The molecule has 0 aliphatic carbocycles. The molecule has 1 atom stereocenters. The highest BCUT2D eigenvalue weighted by molar-refractivity contribution is 5.65. The Morgan fingerprint density at radius 1 is 1.40 bits per heavy atom. The zero-order chi connectivity index (χ0) is 11.2. The number of rotatable bonds is 1. The topological polar surface area (TPSA) is 43.7 Å². The van der Waals surface area contributed by atoms with Crippen LogP contribution in [0.1, 0.15) is 25.3 Å². The Labute approximate surface area is 90.0 Å². The minimum absolute atomic E-state index is 0.0290. The first kappa shape index (κ1) is 10.3. The van der Waals surface area contributed by atoms with E-state index in [4.69, 9.17) is 0 Å². The van der Waals surface area contributed by atoms with E-state index in [0.29, 0.717) is 0 Å². The van der Waals surface area contributed by atoms with Crippen LogP contribution < -0.4 is 4.90 Å². The molecule has 1 heterocycles. The minimum atomic E-state index is -0.807. The van der Waals surface area contributed by atoms with Gasteiger partial charge in [0.1, 0.15) is 5.75 Å². The maximum absolute atomic E-state index is 10.1. The summed E-state index contributed by atoms with van der Waals surface area (Å²) >= 11 is 0. The molecule has 3 heteroatoms. The molecule has 1 aliphatic rings. The third-order valence-electron chi connectivity index (χ3n) is 3.13. The summed E-state index contributed by atoms with van der Waals surface area (Å²) in [6, 6.07) is 5.48. The molecule has 0 aromatic heterocycles. The van der Waals surface area contributed by atoms with Crippen molar-refractivity contribution in [1.82, 2.24) is 0 Å². The van der Waals surface area contributed by atoms with E-state index < -0.39 is 5.60 Å². The Balaban J connectivity index is 2.54. The van der Waals surface area contributed by atoms with Gasteiger partial charge in [0.05, 0.1) is 5.60 Å².